The van der Waals surface area contributed by atoms with Gasteiger partial charge in [-0.05, 0) is 46.7 Å². The molecule has 13 heavy (non-hydrogen) atoms. The number of aryl methyl sites for hydroxylation is 1. The van der Waals surface area contributed by atoms with Crippen LogP contribution >= 0.6 is 22.6 Å². The van der Waals surface area contributed by atoms with Gasteiger partial charge in [0.15, 0.2) is 0 Å². The quantitative estimate of drug-likeness (QED) is 0.672. The first kappa shape index (κ1) is 10.8. The van der Waals surface area contributed by atoms with Crippen LogP contribution in [0.4, 0.5) is 8.78 Å². The molecule has 0 aliphatic heterocycles. The Balaban J connectivity index is 3.29. The van der Waals surface area contributed by atoms with Crippen LogP contribution in [0, 0.1) is 10.6 Å². The van der Waals surface area contributed by atoms with Crippen LogP contribution in [0.5, 0.6) is 0 Å². The molecule has 2 nitrogen and oxygen atoms in total. The van der Waals surface area contributed by atoms with Crippen molar-refractivity contribution in [2.45, 2.75) is 19.9 Å². The molecular formula is C8H9F2IN2. The molecule has 0 saturated carbocycles. The molecule has 0 saturated heterocycles. The Morgan fingerprint density at radius 2 is 2.23 bits per heavy atom. The summed E-state index contributed by atoms with van der Waals surface area (Å²) in [6.45, 7) is 1.87. The van der Waals surface area contributed by atoms with E-state index in [1.54, 1.807) is 13.0 Å². The Bertz CT molecular complexity index is 315. The Labute approximate surface area is 88.7 Å². The SMILES string of the molecule is Cc1cc(I)nc(C(F)F)c1CN. The van der Waals surface area contributed by atoms with E-state index in [-0.39, 0.29) is 12.2 Å². The molecule has 1 aromatic heterocycles. The van der Waals surface area contributed by atoms with Gasteiger partial charge in [-0.2, -0.15) is 0 Å². The maximum absolute atomic E-state index is 12.5. The van der Waals surface area contributed by atoms with Crippen LogP contribution in [0.2, 0.25) is 0 Å². The first-order valence-electron chi connectivity index (χ1n) is 3.70. The highest BCUT2D eigenvalue weighted by Crippen LogP contribution is 2.24. The maximum Gasteiger partial charge on any atom is 0.280 e. The normalized spacial score (nSPS) is 10.9. The van der Waals surface area contributed by atoms with E-state index in [1.165, 1.54) is 0 Å². The number of halogens is 3. The van der Waals surface area contributed by atoms with Crippen LogP contribution < -0.4 is 5.73 Å². The number of hydrogen-bond acceptors (Lipinski definition) is 2. The van der Waals surface area contributed by atoms with Gasteiger partial charge < -0.3 is 5.73 Å². The van der Waals surface area contributed by atoms with E-state index in [9.17, 15) is 8.78 Å². The fourth-order valence-electron chi connectivity index (χ4n) is 1.13. The highest BCUT2D eigenvalue weighted by Gasteiger charge is 2.16. The lowest BCUT2D eigenvalue weighted by molar-refractivity contribution is 0.144. The van der Waals surface area contributed by atoms with E-state index in [0.717, 1.165) is 5.56 Å². The Morgan fingerprint density at radius 3 is 2.69 bits per heavy atom. The first-order valence-corrected chi connectivity index (χ1v) is 4.78. The van der Waals surface area contributed by atoms with Crippen LogP contribution in [0.3, 0.4) is 0 Å². The molecule has 0 aliphatic carbocycles. The molecule has 0 atom stereocenters. The van der Waals surface area contributed by atoms with Gasteiger partial charge in [-0.15, -0.1) is 0 Å². The van der Waals surface area contributed by atoms with Crippen LogP contribution in [-0.4, -0.2) is 4.98 Å². The summed E-state index contributed by atoms with van der Waals surface area (Å²) in [5, 5.41) is 0. The van der Waals surface area contributed by atoms with E-state index >= 15 is 0 Å². The van der Waals surface area contributed by atoms with E-state index < -0.39 is 6.43 Å². The number of hydrogen-bond donors (Lipinski definition) is 1. The topological polar surface area (TPSA) is 38.9 Å². The summed E-state index contributed by atoms with van der Waals surface area (Å²) in [7, 11) is 0. The third kappa shape index (κ3) is 2.34. The molecular weight excluding hydrogens is 289 g/mol. The summed E-state index contributed by atoms with van der Waals surface area (Å²) in [5.41, 5.74) is 6.40. The molecule has 0 unspecified atom stereocenters. The highest BCUT2D eigenvalue weighted by atomic mass is 127. The Hall–Kier alpha value is -0.300. The van der Waals surface area contributed by atoms with Crippen LogP contribution in [-0.2, 0) is 6.54 Å². The van der Waals surface area contributed by atoms with Gasteiger partial charge in [-0.25, -0.2) is 13.8 Å². The lowest BCUT2D eigenvalue weighted by Crippen LogP contribution is -2.08. The van der Waals surface area contributed by atoms with Crippen molar-refractivity contribution in [3.63, 3.8) is 0 Å². The largest absolute Gasteiger partial charge is 0.326 e. The zero-order valence-corrected chi connectivity index (χ0v) is 9.18. The summed E-state index contributed by atoms with van der Waals surface area (Å²) in [4.78, 5) is 3.76. The number of nitrogens with zero attached hydrogens (tertiary/aromatic N) is 1. The Kier molecular flexibility index (Phi) is 3.55. The van der Waals surface area contributed by atoms with E-state index in [2.05, 4.69) is 4.98 Å². The minimum Gasteiger partial charge on any atom is -0.326 e. The highest BCUT2D eigenvalue weighted by molar-refractivity contribution is 14.1. The summed E-state index contributed by atoms with van der Waals surface area (Å²) in [6.07, 6.45) is -2.55. The number of aromatic nitrogens is 1. The van der Waals surface area contributed by atoms with Crippen LogP contribution in [0.15, 0.2) is 6.07 Å². The molecule has 5 heteroatoms. The van der Waals surface area contributed by atoms with Crippen LogP contribution in [0.1, 0.15) is 23.2 Å². The number of alkyl halides is 2. The minimum absolute atomic E-state index is 0.107. The van der Waals surface area contributed by atoms with Crippen molar-refractivity contribution in [2.24, 2.45) is 5.73 Å². The Morgan fingerprint density at radius 1 is 1.62 bits per heavy atom. The van der Waals surface area contributed by atoms with Crippen molar-refractivity contribution in [2.75, 3.05) is 0 Å². The summed E-state index contributed by atoms with van der Waals surface area (Å²) < 4.78 is 25.5. The van der Waals surface area contributed by atoms with Gasteiger partial charge in [0.2, 0.25) is 0 Å². The smallest absolute Gasteiger partial charge is 0.280 e. The lowest BCUT2D eigenvalue weighted by Gasteiger charge is -2.09. The molecule has 1 aromatic rings. The van der Waals surface area contributed by atoms with Crippen molar-refractivity contribution in [1.82, 2.24) is 4.98 Å². The average molecular weight is 298 g/mol. The molecule has 0 bridgehead atoms. The lowest BCUT2D eigenvalue weighted by atomic mass is 10.1. The average Bonchev–Trinajstić information content (AvgIpc) is 2.02. The molecule has 72 valence electrons. The minimum atomic E-state index is -2.55. The molecule has 1 rings (SSSR count). The zero-order chi connectivity index (χ0) is 10.0. The second kappa shape index (κ2) is 4.28. The molecule has 0 spiro atoms. The molecule has 0 aromatic carbocycles. The standard InChI is InChI=1S/C8H9F2IN2/c1-4-2-6(11)13-7(8(9)10)5(4)3-12/h2,8H,3,12H2,1H3. The maximum atomic E-state index is 12.5. The van der Waals surface area contributed by atoms with E-state index in [1.807, 2.05) is 22.6 Å². The molecule has 0 aliphatic rings. The van der Waals surface area contributed by atoms with Crippen molar-refractivity contribution >= 4 is 22.6 Å². The van der Waals surface area contributed by atoms with Gasteiger partial charge in [-0.1, -0.05) is 0 Å². The monoisotopic (exact) mass is 298 g/mol. The van der Waals surface area contributed by atoms with E-state index in [4.69, 9.17) is 5.73 Å². The second-order valence-electron chi connectivity index (χ2n) is 2.63. The number of pyridine rings is 1. The summed E-state index contributed by atoms with van der Waals surface area (Å²) in [5.74, 6) is 0. The number of nitrogens with two attached hydrogens (primary N) is 1. The summed E-state index contributed by atoms with van der Waals surface area (Å²) in [6, 6.07) is 1.74. The third-order valence-corrected chi connectivity index (χ3v) is 2.31. The summed E-state index contributed by atoms with van der Waals surface area (Å²) >= 11 is 1.91. The molecule has 0 radical (unpaired) electrons. The zero-order valence-electron chi connectivity index (χ0n) is 7.02. The molecule has 1 heterocycles. The second-order valence-corrected chi connectivity index (χ2v) is 3.74. The molecule has 0 amide bonds. The van der Waals surface area contributed by atoms with Crippen molar-refractivity contribution < 1.29 is 8.78 Å². The van der Waals surface area contributed by atoms with Gasteiger partial charge in [-0.3, -0.25) is 0 Å². The van der Waals surface area contributed by atoms with Gasteiger partial charge in [0.05, 0.1) is 0 Å². The van der Waals surface area contributed by atoms with Crippen LogP contribution in [0.25, 0.3) is 0 Å². The molecule has 0 fully saturated rings. The molecule has 2 N–H and O–H groups in total. The van der Waals surface area contributed by atoms with Gasteiger partial charge in [0.25, 0.3) is 6.43 Å². The van der Waals surface area contributed by atoms with Crippen molar-refractivity contribution in [1.29, 1.82) is 0 Å². The third-order valence-electron chi connectivity index (χ3n) is 1.76. The predicted octanol–water partition coefficient (Wildman–Crippen LogP) is 2.39. The fraction of sp³-hybridized carbons (Fsp3) is 0.375. The van der Waals surface area contributed by atoms with Gasteiger partial charge >= 0.3 is 0 Å². The van der Waals surface area contributed by atoms with Gasteiger partial charge in [0.1, 0.15) is 9.39 Å². The number of rotatable bonds is 2. The predicted molar refractivity (Wildman–Crippen MR) is 54.5 cm³/mol. The first-order chi connectivity index (χ1) is 6.06. The fourth-order valence-corrected chi connectivity index (χ4v) is 1.86. The van der Waals surface area contributed by atoms with Gasteiger partial charge in [0, 0.05) is 6.54 Å². The van der Waals surface area contributed by atoms with E-state index in [0.29, 0.717) is 9.26 Å². The van der Waals surface area contributed by atoms with Crippen molar-refractivity contribution in [3.05, 3.63) is 26.6 Å². The van der Waals surface area contributed by atoms with Crippen molar-refractivity contribution in [3.8, 4) is 0 Å².